The van der Waals surface area contributed by atoms with Gasteiger partial charge >= 0.3 is 0 Å². The summed E-state index contributed by atoms with van der Waals surface area (Å²) in [5.74, 6) is -0.229. The van der Waals surface area contributed by atoms with Crippen LogP contribution in [0.3, 0.4) is 0 Å². The predicted molar refractivity (Wildman–Crippen MR) is 129 cm³/mol. The molecule has 1 aliphatic heterocycles. The number of hydrogen-bond donors (Lipinski definition) is 0. The van der Waals surface area contributed by atoms with Gasteiger partial charge in [0.05, 0.1) is 10.6 Å². The van der Waals surface area contributed by atoms with Gasteiger partial charge in [0.1, 0.15) is 6.54 Å². The molecule has 0 spiro atoms. The van der Waals surface area contributed by atoms with Crippen molar-refractivity contribution in [2.24, 2.45) is 0 Å². The molecule has 0 fully saturated rings. The van der Waals surface area contributed by atoms with Crippen molar-refractivity contribution in [2.75, 3.05) is 22.3 Å². The highest BCUT2D eigenvalue weighted by atomic mass is 32.2. The molecule has 0 atom stereocenters. The van der Waals surface area contributed by atoms with Crippen molar-refractivity contribution < 1.29 is 13.2 Å². The Morgan fingerprint density at radius 2 is 1.62 bits per heavy atom. The van der Waals surface area contributed by atoms with Gasteiger partial charge in [-0.05, 0) is 69.0 Å². The molecule has 0 unspecified atom stereocenters. The number of sulfonamides is 1. The molecule has 0 bridgehead atoms. The number of amides is 1. The first-order valence-electron chi connectivity index (χ1n) is 10.8. The average molecular weight is 449 g/mol. The lowest BCUT2D eigenvalue weighted by atomic mass is 10.0. The molecule has 166 valence electrons. The highest BCUT2D eigenvalue weighted by Gasteiger charge is 2.31. The first kappa shape index (κ1) is 22.1. The van der Waals surface area contributed by atoms with E-state index in [4.69, 9.17) is 0 Å². The van der Waals surface area contributed by atoms with Gasteiger partial charge < -0.3 is 4.90 Å². The summed E-state index contributed by atoms with van der Waals surface area (Å²) in [4.78, 5) is 15.4. The van der Waals surface area contributed by atoms with Crippen molar-refractivity contribution in [3.63, 3.8) is 0 Å². The molecule has 32 heavy (non-hydrogen) atoms. The van der Waals surface area contributed by atoms with Gasteiger partial charge in [-0.25, -0.2) is 8.42 Å². The summed E-state index contributed by atoms with van der Waals surface area (Å²) < 4.78 is 28.7. The van der Waals surface area contributed by atoms with Crippen molar-refractivity contribution >= 4 is 27.3 Å². The van der Waals surface area contributed by atoms with Gasteiger partial charge in [-0.3, -0.25) is 9.10 Å². The minimum atomic E-state index is -3.93. The quantitative estimate of drug-likeness (QED) is 0.564. The van der Waals surface area contributed by atoms with Gasteiger partial charge in [0.25, 0.3) is 10.0 Å². The molecule has 0 saturated carbocycles. The maximum absolute atomic E-state index is 13.7. The van der Waals surface area contributed by atoms with Crippen LogP contribution >= 0.6 is 0 Å². The summed E-state index contributed by atoms with van der Waals surface area (Å²) in [6, 6.07) is 20.2. The van der Waals surface area contributed by atoms with Crippen LogP contribution in [0.2, 0.25) is 0 Å². The summed E-state index contributed by atoms with van der Waals surface area (Å²) in [7, 11) is -3.93. The van der Waals surface area contributed by atoms with Crippen LogP contribution in [0.1, 0.15) is 28.7 Å². The van der Waals surface area contributed by atoms with Crippen LogP contribution in [0.5, 0.6) is 0 Å². The molecule has 1 amide bonds. The third kappa shape index (κ3) is 4.28. The predicted octanol–water partition coefficient (Wildman–Crippen LogP) is 4.79. The second-order valence-corrected chi connectivity index (χ2v) is 10.3. The number of anilines is 2. The van der Waals surface area contributed by atoms with Crippen LogP contribution in [0.15, 0.2) is 71.6 Å². The molecule has 5 nitrogen and oxygen atoms in total. The second-order valence-electron chi connectivity index (χ2n) is 8.39. The van der Waals surface area contributed by atoms with E-state index in [0.29, 0.717) is 12.2 Å². The molecule has 0 radical (unpaired) electrons. The van der Waals surface area contributed by atoms with E-state index < -0.39 is 10.0 Å². The standard InChI is InChI=1S/C26H28N2O3S/c1-19-10-13-23(14-11-19)32(30,31)28(24-15-12-20(2)17-21(24)3)18-26(29)27-16-6-8-22-7-4-5-9-25(22)27/h4-5,7,9-15,17H,6,8,16,18H2,1-3H3. The first-order chi connectivity index (χ1) is 15.3. The topological polar surface area (TPSA) is 57.7 Å². The Hall–Kier alpha value is -3.12. The van der Waals surface area contributed by atoms with Gasteiger partial charge in [-0.15, -0.1) is 0 Å². The molecule has 0 aliphatic carbocycles. The second kappa shape index (κ2) is 8.79. The molecular weight excluding hydrogens is 420 g/mol. The van der Waals surface area contributed by atoms with E-state index in [1.165, 1.54) is 4.31 Å². The Kier molecular flexibility index (Phi) is 6.07. The van der Waals surface area contributed by atoms with Crippen LogP contribution in [0.4, 0.5) is 11.4 Å². The minimum absolute atomic E-state index is 0.176. The molecule has 3 aromatic carbocycles. The summed E-state index contributed by atoms with van der Waals surface area (Å²) in [6.45, 7) is 6.08. The van der Waals surface area contributed by atoms with Crippen LogP contribution < -0.4 is 9.21 Å². The maximum atomic E-state index is 13.7. The number of carbonyl (C=O) groups is 1. The van der Waals surface area contributed by atoms with E-state index in [1.54, 1.807) is 35.2 Å². The summed E-state index contributed by atoms with van der Waals surface area (Å²) >= 11 is 0. The Labute approximate surface area is 190 Å². The van der Waals surface area contributed by atoms with Gasteiger partial charge in [0.15, 0.2) is 0 Å². The molecule has 1 aliphatic rings. The largest absolute Gasteiger partial charge is 0.311 e. The number of rotatable bonds is 5. The van der Waals surface area contributed by atoms with E-state index >= 15 is 0 Å². The average Bonchev–Trinajstić information content (AvgIpc) is 2.77. The Morgan fingerprint density at radius 3 is 2.34 bits per heavy atom. The normalized spacial score (nSPS) is 13.5. The molecule has 3 aromatic rings. The number of nitrogens with zero attached hydrogens (tertiary/aromatic N) is 2. The van der Waals surface area contributed by atoms with Crippen molar-refractivity contribution in [1.82, 2.24) is 0 Å². The van der Waals surface area contributed by atoms with E-state index in [-0.39, 0.29) is 17.3 Å². The van der Waals surface area contributed by atoms with Gasteiger partial charge in [-0.2, -0.15) is 0 Å². The van der Waals surface area contributed by atoms with Crippen molar-refractivity contribution in [1.29, 1.82) is 0 Å². The molecule has 1 heterocycles. The molecule has 6 heteroatoms. The Bertz CT molecular complexity index is 1250. The molecule has 0 aromatic heterocycles. The summed E-state index contributed by atoms with van der Waals surface area (Å²) in [6.07, 6.45) is 1.78. The van der Waals surface area contributed by atoms with Crippen LogP contribution in [-0.2, 0) is 21.2 Å². The van der Waals surface area contributed by atoms with Crippen molar-refractivity contribution in [2.45, 2.75) is 38.5 Å². The number of fused-ring (bicyclic) bond motifs is 1. The highest BCUT2D eigenvalue weighted by molar-refractivity contribution is 7.92. The molecular formula is C26H28N2O3S. The molecule has 0 N–H and O–H groups in total. The highest BCUT2D eigenvalue weighted by Crippen LogP contribution is 2.30. The van der Waals surface area contributed by atoms with E-state index in [0.717, 1.165) is 40.8 Å². The van der Waals surface area contributed by atoms with E-state index in [9.17, 15) is 13.2 Å². The number of carbonyl (C=O) groups excluding carboxylic acids is 1. The summed E-state index contributed by atoms with van der Waals surface area (Å²) in [5, 5.41) is 0. The lowest BCUT2D eigenvalue weighted by Gasteiger charge is -2.32. The van der Waals surface area contributed by atoms with Crippen LogP contribution in [0.25, 0.3) is 0 Å². The zero-order valence-corrected chi connectivity index (χ0v) is 19.5. The van der Waals surface area contributed by atoms with Gasteiger partial charge in [-0.1, -0.05) is 53.6 Å². The smallest absolute Gasteiger partial charge is 0.264 e. The first-order valence-corrected chi connectivity index (χ1v) is 12.3. The van der Waals surface area contributed by atoms with Gasteiger partial charge in [0, 0.05) is 12.2 Å². The van der Waals surface area contributed by atoms with Crippen molar-refractivity contribution in [3.8, 4) is 0 Å². The SMILES string of the molecule is Cc1ccc(S(=O)(=O)N(CC(=O)N2CCCc3ccccc32)c2ccc(C)cc2C)cc1. The fraction of sp³-hybridized carbons (Fsp3) is 0.269. The monoisotopic (exact) mass is 448 g/mol. The fourth-order valence-electron chi connectivity index (χ4n) is 4.22. The number of para-hydroxylation sites is 1. The van der Waals surface area contributed by atoms with E-state index in [1.807, 2.05) is 57.2 Å². The maximum Gasteiger partial charge on any atom is 0.264 e. The number of hydrogen-bond acceptors (Lipinski definition) is 3. The van der Waals surface area contributed by atoms with Crippen LogP contribution in [0, 0.1) is 20.8 Å². The minimum Gasteiger partial charge on any atom is -0.311 e. The third-order valence-corrected chi connectivity index (χ3v) is 7.69. The van der Waals surface area contributed by atoms with Gasteiger partial charge in [0.2, 0.25) is 5.91 Å². The molecule has 4 rings (SSSR count). The lowest BCUT2D eigenvalue weighted by Crippen LogP contribution is -2.45. The van der Waals surface area contributed by atoms with Crippen LogP contribution in [-0.4, -0.2) is 27.4 Å². The lowest BCUT2D eigenvalue weighted by molar-refractivity contribution is -0.117. The molecule has 0 saturated heterocycles. The zero-order chi connectivity index (χ0) is 22.9. The fourth-order valence-corrected chi connectivity index (χ4v) is 5.70. The van der Waals surface area contributed by atoms with Crippen molar-refractivity contribution in [3.05, 3.63) is 89.0 Å². The number of aryl methyl sites for hydroxylation is 4. The summed E-state index contributed by atoms with van der Waals surface area (Å²) in [5.41, 5.74) is 5.34. The zero-order valence-electron chi connectivity index (χ0n) is 18.7. The Morgan fingerprint density at radius 1 is 0.938 bits per heavy atom. The third-order valence-electron chi connectivity index (χ3n) is 5.92. The number of benzene rings is 3. The van der Waals surface area contributed by atoms with E-state index in [2.05, 4.69) is 0 Å². The Balaban J connectivity index is 1.75.